The summed E-state index contributed by atoms with van der Waals surface area (Å²) in [6.45, 7) is 1.07. The van der Waals surface area contributed by atoms with Crippen LogP contribution in [-0.4, -0.2) is 54.0 Å². The molecule has 0 aromatic heterocycles. The predicted octanol–water partition coefficient (Wildman–Crippen LogP) is 1.41. The number of carbonyl (C=O) groups is 2. The number of rotatable bonds is 4. The smallest absolute Gasteiger partial charge is 0.407 e. The second kappa shape index (κ2) is 6.27. The first-order valence-electron chi connectivity index (χ1n) is 5.84. The second-order valence-electron chi connectivity index (χ2n) is 4.69. The molecule has 1 rings (SSSR count). The van der Waals surface area contributed by atoms with Crippen molar-refractivity contribution in [2.45, 2.75) is 19.3 Å². The number of carboxylic acid groups (broad SMARTS) is 1. The minimum absolute atomic E-state index is 0.0657. The molecule has 1 atom stereocenters. The van der Waals surface area contributed by atoms with E-state index in [1.807, 2.05) is 19.0 Å². The van der Waals surface area contributed by atoms with Gasteiger partial charge in [-0.2, -0.15) is 0 Å². The van der Waals surface area contributed by atoms with Crippen LogP contribution in [0.2, 0.25) is 0 Å². The standard InChI is InChI=1S/C12H20N2O3/c1-13(2)7-5-11(15)8-10-4-3-6-14(9-10)12(16)17/h5,7,10H,3-4,6,8-9H2,1-2H3,(H,16,17). The zero-order chi connectivity index (χ0) is 12.8. The Bertz CT molecular complexity index is 313. The topological polar surface area (TPSA) is 60.9 Å². The van der Waals surface area contributed by atoms with Crippen molar-refractivity contribution >= 4 is 11.9 Å². The summed E-state index contributed by atoms with van der Waals surface area (Å²) in [7, 11) is 3.72. The van der Waals surface area contributed by atoms with Gasteiger partial charge >= 0.3 is 6.09 Å². The molecule has 1 N–H and O–H groups in total. The molecule has 1 aliphatic heterocycles. The number of piperidine rings is 1. The van der Waals surface area contributed by atoms with Gasteiger partial charge in [-0.3, -0.25) is 4.79 Å². The summed E-state index contributed by atoms with van der Waals surface area (Å²) >= 11 is 0. The van der Waals surface area contributed by atoms with Crippen LogP contribution in [0.1, 0.15) is 19.3 Å². The molecule has 1 amide bonds. The van der Waals surface area contributed by atoms with Crippen LogP contribution in [0.15, 0.2) is 12.3 Å². The fourth-order valence-corrected chi connectivity index (χ4v) is 1.99. The van der Waals surface area contributed by atoms with Gasteiger partial charge in [-0.15, -0.1) is 0 Å². The minimum atomic E-state index is -0.883. The van der Waals surface area contributed by atoms with Crippen LogP contribution in [0, 0.1) is 5.92 Å². The molecular formula is C12H20N2O3. The first-order chi connectivity index (χ1) is 7.99. The van der Waals surface area contributed by atoms with Gasteiger partial charge in [-0.25, -0.2) is 4.79 Å². The lowest BCUT2D eigenvalue weighted by atomic mass is 9.93. The summed E-state index contributed by atoms with van der Waals surface area (Å²) in [6, 6.07) is 0. The zero-order valence-electron chi connectivity index (χ0n) is 10.4. The van der Waals surface area contributed by atoms with Gasteiger partial charge < -0.3 is 14.9 Å². The molecule has 5 nitrogen and oxygen atoms in total. The quantitative estimate of drug-likeness (QED) is 0.755. The Balaban J connectivity index is 2.41. The molecule has 1 saturated heterocycles. The Morgan fingerprint density at radius 1 is 1.47 bits per heavy atom. The first-order valence-corrected chi connectivity index (χ1v) is 5.84. The van der Waals surface area contributed by atoms with E-state index in [0.717, 1.165) is 12.8 Å². The van der Waals surface area contributed by atoms with Crippen molar-refractivity contribution in [3.05, 3.63) is 12.3 Å². The summed E-state index contributed by atoms with van der Waals surface area (Å²) in [4.78, 5) is 25.6. The van der Waals surface area contributed by atoms with Gasteiger partial charge in [0, 0.05) is 39.8 Å². The van der Waals surface area contributed by atoms with Gasteiger partial charge in [0.2, 0.25) is 0 Å². The lowest BCUT2D eigenvalue weighted by Crippen LogP contribution is -2.39. The predicted molar refractivity (Wildman–Crippen MR) is 64.8 cm³/mol. The van der Waals surface area contributed by atoms with Gasteiger partial charge in [-0.05, 0) is 24.8 Å². The Morgan fingerprint density at radius 3 is 2.76 bits per heavy atom. The Labute approximate surface area is 102 Å². The number of allylic oxidation sites excluding steroid dienone is 1. The fourth-order valence-electron chi connectivity index (χ4n) is 1.99. The third kappa shape index (κ3) is 4.89. The Kier molecular flexibility index (Phi) is 5.00. The molecule has 0 bridgehead atoms. The fraction of sp³-hybridized carbons (Fsp3) is 0.667. The van der Waals surface area contributed by atoms with Crippen LogP contribution in [0.5, 0.6) is 0 Å². The maximum Gasteiger partial charge on any atom is 0.407 e. The largest absolute Gasteiger partial charge is 0.465 e. The van der Waals surface area contributed by atoms with Crippen molar-refractivity contribution in [2.24, 2.45) is 5.92 Å². The van der Waals surface area contributed by atoms with E-state index < -0.39 is 6.09 Å². The lowest BCUT2D eigenvalue weighted by molar-refractivity contribution is -0.115. The van der Waals surface area contributed by atoms with Gasteiger partial charge in [0.15, 0.2) is 5.78 Å². The number of amides is 1. The number of ketones is 1. The van der Waals surface area contributed by atoms with Gasteiger partial charge in [-0.1, -0.05) is 0 Å². The van der Waals surface area contributed by atoms with E-state index in [9.17, 15) is 9.59 Å². The molecule has 0 aliphatic carbocycles. The zero-order valence-corrected chi connectivity index (χ0v) is 10.4. The highest BCUT2D eigenvalue weighted by Crippen LogP contribution is 2.20. The highest BCUT2D eigenvalue weighted by molar-refractivity contribution is 5.89. The summed E-state index contributed by atoms with van der Waals surface area (Å²) in [5.41, 5.74) is 0. The molecule has 1 aliphatic rings. The van der Waals surface area contributed by atoms with Crippen molar-refractivity contribution < 1.29 is 14.7 Å². The van der Waals surface area contributed by atoms with E-state index in [2.05, 4.69) is 0 Å². The third-order valence-corrected chi connectivity index (χ3v) is 2.84. The van der Waals surface area contributed by atoms with E-state index in [-0.39, 0.29) is 11.7 Å². The van der Waals surface area contributed by atoms with E-state index in [1.165, 1.54) is 4.90 Å². The van der Waals surface area contributed by atoms with Gasteiger partial charge in [0.25, 0.3) is 0 Å². The van der Waals surface area contributed by atoms with Crippen LogP contribution in [-0.2, 0) is 4.79 Å². The van der Waals surface area contributed by atoms with E-state index in [4.69, 9.17) is 5.11 Å². The first kappa shape index (κ1) is 13.5. The van der Waals surface area contributed by atoms with Crippen LogP contribution in [0.4, 0.5) is 4.79 Å². The molecule has 96 valence electrons. The molecule has 1 fully saturated rings. The number of nitrogens with zero attached hydrogens (tertiary/aromatic N) is 2. The van der Waals surface area contributed by atoms with E-state index in [0.29, 0.717) is 19.5 Å². The van der Waals surface area contributed by atoms with E-state index >= 15 is 0 Å². The van der Waals surface area contributed by atoms with Crippen molar-refractivity contribution in [1.29, 1.82) is 0 Å². The molecule has 0 spiro atoms. The Morgan fingerprint density at radius 2 is 2.18 bits per heavy atom. The third-order valence-electron chi connectivity index (χ3n) is 2.84. The molecule has 0 aromatic rings. The molecule has 1 unspecified atom stereocenters. The molecule has 17 heavy (non-hydrogen) atoms. The summed E-state index contributed by atoms with van der Waals surface area (Å²) in [5, 5.41) is 8.89. The summed E-state index contributed by atoms with van der Waals surface area (Å²) in [5.74, 6) is 0.232. The highest BCUT2D eigenvalue weighted by atomic mass is 16.4. The van der Waals surface area contributed by atoms with Crippen molar-refractivity contribution in [2.75, 3.05) is 27.2 Å². The number of hydrogen-bond acceptors (Lipinski definition) is 3. The highest BCUT2D eigenvalue weighted by Gasteiger charge is 2.24. The second-order valence-corrected chi connectivity index (χ2v) is 4.69. The van der Waals surface area contributed by atoms with Crippen LogP contribution in [0.25, 0.3) is 0 Å². The monoisotopic (exact) mass is 240 g/mol. The SMILES string of the molecule is CN(C)C=CC(=O)CC1CCCN(C(=O)O)C1. The molecule has 0 radical (unpaired) electrons. The van der Waals surface area contributed by atoms with Crippen molar-refractivity contribution in [1.82, 2.24) is 9.80 Å². The molecule has 0 saturated carbocycles. The number of hydrogen-bond donors (Lipinski definition) is 1. The van der Waals surface area contributed by atoms with Crippen LogP contribution in [0.3, 0.4) is 0 Å². The Hall–Kier alpha value is -1.52. The number of likely N-dealkylation sites (tertiary alicyclic amines) is 1. The summed E-state index contributed by atoms with van der Waals surface area (Å²) in [6.07, 6.45) is 4.62. The van der Waals surface area contributed by atoms with Crippen molar-refractivity contribution in [3.8, 4) is 0 Å². The molecule has 5 heteroatoms. The molecule has 0 aromatic carbocycles. The van der Waals surface area contributed by atoms with Crippen LogP contribution >= 0.6 is 0 Å². The maximum absolute atomic E-state index is 11.6. The molecule has 1 heterocycles. The average Bonchev–Trinajstić information content (AvgIpc) is 2.26. The maximum atomic E-state index is 11.6. The molecular weight excluding hydrogens is 220 g/mol. The number of carbonyl (C=O) groups excluding carboxylic acids is 1. The van der Waals surface area contributed by atoms with Gasteiger partial charge in [0.1, 0.15) is 0 Å². The van der Waals surface area contributed by atoms with E-state index in [1.54, 1.807) is 12.3 Å². The lowest BCUT2D eigenvalue weighted by Gasteiger charge is -2.30. The summed E-state index contributed by atoms with van der Waals surface area (Å²) < 4.78 is 0. The normalized spacial score (nSPS) is 20.6. The van der Waals surface area contributed by atoms with Crippen LogP contribution < -0.4 is 0 Å². The van der Waals surface area contributed by atoms with Gasteiger partial charge in [0.05, 0.1) is 0 Å². The minimum Gasteiger partial charge on any atom is -0.465 e. The van der Waals surface area contributed by atoms with Crippen molar-refractivity contribution in [3.63, 3.8) is 0 Å². The average molecular weight is 240 g/mol.